The summed E-state index contributed by atoms with van der Waals surface area (Å²) in [5.41, 5.74) is 3.99. The molecule has 5 heteroatoms. The van der Waals surface area contributed by atoms with Crippen LogP contribution in [0.1, 0.15) is 35.2 Å². The van der Waals surface area contributed by atoms with Gasteiger partial charge in [0, 0.05) is 23.6 Å². The molecule has 2 aromatic carbocycles. The third kappa shape index (κ3) is 3.39. The molecule has 1 atom stereocenters. The zero-order chi connectivity index (χ0) is 21.3. The number of carbonyl (C=O) groups is 2. The number of amides is 1. The first-order valence-electron chi connectivity index (χ1n) is 9.88. The number of aromatic nitrogens is 1. The van der Waals surface area contributed by atoms with E-state index in [1.807, 2.05) is 38.1 Å². The molecule has 30 heavy (non-hydrogen) atoms. The predicted octanol–water partition coefficient (Wildman–Crippen LogP) is 4.58. The van der Waals surface area contributed by atoms with Gasteiger partial charge in [0.1, 0.15) is 5.76 Å². The Morgan fingerprint density at radius 1 is 1.03 bits per heavy atom. The molecular weight excluding hydrogens is 376 g/mol. The lowest BCUT2D eigenvalue weighted by Crippen LogP contribution is -2.29. The van der Waals surface area contributed by atoms with Gasteiger partial charge >= 0.3 is 0 Å². The number of aliphatic hydroxyl groups is 1. The number of rotatable bonds is 4. The zero-order valence-electron chi connectivity index (χ0n) is 16.9. The molecule has 1 aliphatic rings. The van der Waals surface area contributed by atoms with E-state index in [0.717, 1.165) is 17.5 Å². The van der Waals surface area contributed by atoms with E-state index >= 15 is 0 Å². The first kappa shape index (κ1) is 19.6. The molecule has 3 aromatic rings. The van der Waals surface area contributed by atoms with Crippen LogP contribution in [0, 0.1) is 6.92 Å². The Bertz CT molecular complexity index is 1120. The van der Waals surface area contributed by atoms with Gasteiger partial charge < -0.3 is 5.11 Å². The van der Waals surface area contributed by atoms with Gasteiger partial charge in [-0.1, -0.05) is 55.0 Å². The lowest BCUT2D eigenvalue weighted by Gasteiger charge is -2.25. The van der Waals surface area contributed by atoms with Crippen LogP contribution in [0.25, 0.3) is 5.76 Å². The minimum atomic E-state index is -0.757. The van der Waals surface area contributed by atoms with Crippen LogP contribution < -0.4 is 4.90 Å². The Labute approximate surface area is 175 Å². The molecule has 2 heterocycles. The largest absolute Gasteiger partial charge is 0.507 e. The molecule has 0 radical (unpaired) electrons. The first-order valence-corrected chi connectivity index (χ1v) is 9.88. The summed E-state index contributed by atoms with van der Waals surface area (Å²) >= 11 is 0. The van der Waals surface area contributed by atoms with Gasteiger partial charge in [-0.2, -0.15) is 0 Å². The molecule has 0 spiro atoms. The van der Waals surface area contributed by atoms with Crippen molar-refractivity contribution >= 4 is 23.1 Å². The van der Waals surface area contributed by atoms with Gasteiger partial charge in [-0.3, -0.25) is 19.5 Å². The number of hydrogen-bond acceptors (Lipinski definition) is 4. The lowest BCUT2D eigenvalue weighted by atomic mass is 9.95. The van der Waals surface area contributed by atoms with Crippen LogP contribution in [-0.4, -0.2) is 21.8 Å². The Balaban J connectivity index is 1.90. The van der Waals surface area contributed by atoms with Crippen LogP contribution in [0.3, 0.4) is 0 Å². The summed E-state index contributed by atoms with van der Waals surface area (Å²) in [6.07, 6.45) is 4.12. The molecule has 1 aliphatic heterocycles. The average Bonchev–Trinajstić information content (AvgIpc) is 3.05. The lowest BCUT2D eigenvalue weighted by molar-refractivity contribution is -0.132. The maximum Gasteiger partial charge on any atom is 0.300 e. The van der Waals surface area contributed by atoms with E-state index in [2.05, 4.69) is 4.98 Å². The number of ketones is 1. The first-order chi connectivity index (χ1) is 14.5. The molecule has 0 saturated carbocycles. The number of hydrogen-bond donors (Lipinski definition) is 1. The SMILES string of the molecule is CCc1ccc(/C(O)=C2/C(=O)C(=O)N(c3ccc(C)cc3)C2c2cccnc2)cc1. The summed E-state index contributed by atoms with van der Waals surface area (Å²) in [7, 11) is 0. The Hall–Kier alpha value is -3.73. The monoisotopic (exact) mass is 398 g/mol. The van der Waals surface area contributed by atoms with Crippen LogP contribution >= 0.6 is 0 Å². The number of nitrogens with zero attached hydrogens (tertiary/aromatic N) is 2. The summed E-state index contributed by atoms with van der Waals surface area (Å²) in [6.45, 7) is 4.00. The number of carbonyl (C=O) groups excluding carboxylic acids is 2. The van der Waals surface area contributed by atoms with Crippen molar-refractivity contribution < 1.29 is 14.7 Å². The van der Waals surface area contributed by atoms with E-state index in [4.69, 9.17) is 0 Å². The molecule has 0 bridgehead atoms. The van der Waals surface area contributed by atoms with Crippen LogP contribution in [0.15, 0.2) is 78.6 Å². The number of benzene rings is 2. The molecule has 1 saturated heterocycles. The van der Waals surface area contributed by atoms with Crippen molar-refractivity contribution in [3.8, 4) is 0 Å². The Morgan fingerprint density at radius 3 is 2.33 bits per heavy atom. The minimum absolute atomic E-state index is 0.0674. The molecule has 150 valence electrons. The second-order valence-corrected chi connectivity index (χ2v) is 7.34. The maximum atomic E-state index is 13.0. The van der Waals surface area contributed by atoms with E-state index in [-0.39, 0.29) is 11.3 Å². The highest BCUT2D eigenvalue weighted by Crippen LogP contribution is 2.41. The summed E-state index contributed by atoms with van der Waals surface area (Å²) in [6, 6.07) is 17.5. The van der Waals surface area contributed by atoms with E-state index in [1.165, 1.54) is 4.90 Å². The van der Waals surface area contributed by atoms with E-state index in [9.17, 15) is 14.7 Å². The van der Waals surface area contributed by atoms with Crippen molar-refractivity contribution in [2.45, 2.75) is 26.3 Å². The fourth-order valence-corrected chi connectivity index (χ4v) is 3.71. The molecule has 1 unspecified atom stereocenters. The molecule has 4 rings (SSSR count). The summed E-state index contributed by atoms with van der Waals surface area (Å²) in [5.74, 6) is -1.56. The standard InChI is InChI=1S/C25H22N2O3/c1-3-17-8-10-18(11-9-17)23(28)21-22(19-5-4-14-26-15-19)27(25(30)24(21)29)20-12-6-16(2)7-13-20/h4-15,22,28H,3H2,1-2H3/b23-21-. The van der Waals surface area contributed by atoms with Gasteiger partial charge in [0.2, 0.25) is 0 Å². The van der Waals surface area contributed by atoms with E-state index < -0.39 is 17.7 Å². The van der Waals surface area contributed by atoms with Crippen LogP contribution in [0.2, 0.25) is 0 Å². The second-order valence-electron chi connectivity index (χ2n) is 7.34. The summed E-state index contributed by atoms with van der Waals surface area (Å²) in [5, 5.41) is 11.1. The smallest absolute Gasteiger partial charge is 0.300 e. The normalized spacial score (nSPS) is 18.1. The van der Waals surface area contributed by atoms with Gasteiger partial charge in [-0.25, -0.2) is 0 Å². The topological polar surface area (TPSA) is 70.5 Å². The molecule has 1 fully saturated rings. The molecule has 1 N–H and O–H groups in total. The fraction of sp³-hybridized carbons (Fsp3) is 0.160. The van der Waals surface area contributed by atoms with Crippen LogP contribution in [0.5, 0.6) is 0 Å². The van der Waals surface area contributed by atoms with Crippen LogP contribution in [0.4, 0.5) is 5.69 Å². The van der Waals surface area contributed by atoms with Crippen molar-refractivity contribution in [3.63, 3.8) is 0 Å². The third-order valence-electron chi connectivity index (χ3n) is 5.39. The van der Waals surface area contributed by atoms with Gasteiger partial charge in [0.15, 0.2) is 0 Å². The van der Waals surface area contributed by atoms with Crippen molar-refractivity contribution in [1.82, 2.24) is 4.98 Å². The highest BCUT2D eigenvalue weighted by Gasteiger charge is 2.47. The van der Waals surface area contributed by atoms with Crippen molar-refractivity contribution in [2.75, 3.05) is 4.90 Å². The quantitative estimate of drug-likeness (QED) is 0.397. The summed E-state index contributed by atoms with van der Waals surface area (Å²) in [4.78, 5) is 31.7. The number of anilines is 1. The van der Waals surface area contributed by atoms with Crippen molar-refractivity contribution in [2.24, 2.45) is 0 Å². The Kier molecular flexibility index (Phi) is 5.19. The molecular formula is C25H22N2O3. The second kappa shape index (κ2) is 7.95. The van der Waals surface area contributed by atoms with Crippen molar-refractivity contribution in [1.29, 1.82) is 0 Å². The average molecular weight is 398 g/mol. The molecule has 5 nitrogen and oxygen atoms in total. The van der Waals surface area contributed by atoms with E-state index in [1.54, 1.807) is 48.8 Å². The maximum absolute atomic E-state index is 13.0. The fourth-order valence-electron chi connectivity index (χ4n) is 3.71. The van der Waals surface area contributed by atoms with Gasteiger partial charge in [0.05, 0.1) is 11.6 Å². The third-order valence-corrected chi connectivity index (χ3v) is 5.39. The van der Waals surface area contributed by atoms with Gasteiger partial charge in [-0.15, -0.1) is 0 Å². The number of aliphatic hydroxyl groups excluding tert-OH is 1. The zero-order valence-corrected chi connectivity index (χ0v) is 16.9. The van der Waals surface area contributed by atoms with Crippen molar-refractivity contribution in [3.05, 3.63) is 101 Å². The van der Waals surface area contributed by atoms with E-state index in [0.29, 0.717) is 16.8 Å². The minimum Gasteiger partial charge on any atom is -0.507 e. The number of aryl methyl sites for hydroxylation is 2. The number of pyridine rings is 1. The van der Waals surface area contributed by atoms with Gasteiger partial charge in [0.25, 0.3) is 11.7 Å². The molecule has 1 aromatic heterocycles. The highest BCUT2D eigenvalue weighted by molar-refractivity contribution is 6.51. The van der Waals surface area contributed by atoms with Crippen LogP contribution in [-0.2, 0) is 16.0 Å². The molecule has 1 amide bonds. The number of Topliss-reactive ketones (excluding diaryl/α,β-unsaturated/α-hetero) is 1. The highest BCUT2D eigenvalue weighted by atomic mass is 16.3. The Morgan fingerprint density at radius 2 is 1.73 bits per heavy atom. The predicted molar refractivity (Wildman–Crippen MR) is 116 cm³/mol. The summed E-state index contributed by atoms with van der Waals surface area (Å²) < 4.78 is 0. The van der Waals surface area contributed by atoms with Gasteiger partial charge in [-0.05, 0) is 42.7 Å². The molecule has 0 aliphatic carbocycles.